The highest BCUT2D eigenvalue weighted by Gasteiger charge is 2.16. The number of nitrogens with one attached hydrogen (secondary N) is 1. The van der Waals surface area contributed by atoms with Crippen molar-refractivity contribution in [3.63, 3.8) is 0 Å². The molecule has 0 aliphatic carbocycles. The zero-order valence-corrected chi connectivity index (χ0v) is 12.7. The Morgan fingerprint density at radius 1 is 1.04 bits per heavy atom. The summed E-state index contributed by atoms with van der Waals surface area (Å²) in [6, 6.07) is 8.75. The van der Waals surface area contributed by atoms with Gasteiger partial charge >= 0.3 is 5.97 Å². The van der Waals surface area contributed by atoms with E-state index in [0.717, 1.165) is 17.2 Å². The molecule has 24 heavy (non-hydrogen) atoms. The van der Waals surface area contributed by atoms with Crippen molar-refractivity contribution in [2.24, 2.45) is 0 Å². The van der Waals surface area contributed by atoms with E-state index in [1.807, 2.05) is 24.4 Å². The molecule has 0 aliphatic heterocycles. The molecule has 0 aromatic heterocycles. The highest BCUT2D eigenvalue weighted by Crippen LogP contribution is 2.19. The fourth-order valence-electron chi connectivity index (χ4n) is 1.97. The van der Waals surface area contributed by atoms with Gasteiger partial charge in [0.1, 0.15) is 0 Å². The van der Waals surface area contributed by atoms with Crippen LogP contribution in [-0.2, 0) is 20.7 Å². The van der Waals surface area contributed by atoms with E-state index in [9.17, 15) is 22.8 Å². The Morgan fingerprint density at radius 2 is 1.75 bits per heavy atom. The average Bonchev–Trinajstić information content (AvgIpc) is 2.56. The standard InChI is InChI=1S/C17H14F3NO3/c1-10-4-2-3-5-11(10)8-15(23)24-9-14(22)21-13-7-6-12(18)16(19)17(13)20/h2-7H,8-9H2,1H3,(H,21,22). The molecule has 7 heteroatoms. The molecule has 1 amide bonds. The van der Waals surface area contributed by atoms with Crippen molar-refractivity contribution in [2.75, 3.05) is 11.9 Å². The SMILES string of the molecule is Cc1ccccc1CC(=O)OCC(=O)Nc1ccc(F)c(F)c1F. The Bertz CT molecular complexity index is 778. The van der Waals surface area contributed by atoms with E-state index in [4.69, 9.17) is 4.74 Å². The number of amides is 1. The van der Waals surface area contributed by atoms with Crippen LogP contribution in [-0.4, -0.2) is 18.5 Å². The van der Waals surface area contributed by atoms with Gasteiger partial charge in [-0.3, -0.25) is 9.59 Å². The second-order valence-corrected chi connectivity index (χ2v) is 5.04. The van der Waals surface area contributed by atoms with Crippen LogP contribution in [0, 0.1) is 24.4 Å². The third-order valence-corrected chi connectivity index (χ3v) is 3.27. The molecular formula is C17H14F3NO3. The Labute approximate surface area is 136 Å². The summed E-state index contributed by atoms with van der Waals surface area (Å²) in [5, 5.41) is 2.01. The van der Waals surface area contributed by atoms with E-state index in [0.29, 0.717) is 6.07 Å². The van der Waals surface area contributed by atoms with Crippen molar-refractivity contribution in [2.45, 2.75) is 13.3 Å². The first-order valence-corrected chi connectivity index (χ1v) is 7.02. The topological polar surface area (TPSA) is 55.4 Å². The van der Waals surface area contributed by atoms with Gasteiger partial charge in [0, 0.05) is 0 Å². The zero-order chi connectivity index (χ0) is 17.7. The number of carbonyl (C=O) groups excluding carboxylic acids is 2. The molecule has 0 aliphatic rings. The van der Waals surface area contributed by atoms with Crippen LogP contribution in [0.25, 0.3) is 0 Å². The molecule has 0 bridgehead atoms. The maximum Gasteiger partial charge on any atom is 0.310 e. The third kappa shape index (κ3) is 4.34. The first-order valence-electron chi connectivity index (χ1n) is 7.02. The van der Waals surface area contributed by atoms with Gasteiger partial charge in [-0.15, -0.1) is 0 Å². The van der Waals surface area contributed by atoms with Crippen molar-refractivity contribution in [1.29, 1.82) is 0 Å². The molecule has 0 saturated carbocycles. The van der Waals surface area contributed by atoms with E-state index in [2.05, 4.69) is 0 Å². The molecule has 0 atom stereocenters. The summed E-state index contributed by atoms with van der Waals surface area (Å²) in [6.45, 7) is 1.17. The molecule has 2 aromatic rings. The lowest BCUT2D eigenvalue weighted by Gasteiger charge is -2.09. The molecule has 0 heterocycles. The number of rotatable bonds is 5. The Morgan fingerprint density at radius 3 is 2.46 bits per heavy atom. The van der Waals surface area contributed by atoms with Gasteiger partial charge in [-0.2, -0.15) is 0 Å². The lowest BCUT2D eigenvalue weighted by Crippen LogP contribution is -2.22. The molecular weight excluding hydrogens is 323 g/mol. The maximum absolute atomic E-state index is 13.4. The van der Waals surface area contributed by atoms with Crippen LogP contribution in [0.3, 0.4) is 0 Å². The molecule has 0 radical (unpaired) electrons. The van der Waals surface area contributed by atoms with Crippen LogP contribution >= 0.6 is 0 Å². The van der Waals surface area contributed by atoms with Gasteiger partial charge in [-0.1, -0.05) is 24.3 Å². The molecule has 2 aromatic carbocycles. The fraction of sp³-hybridized carbons (Fsp3) is 0.176. The lowest BCUT2D eigenvalue weighted by atomic mass is 10.1. The summed E-state index contributed by atoms with van der Waals surface area (Å²) in [6.07, 6.45) is -0.0144. The van der Waals surface area contributed by atoms with Crippen molar-refractivity contribution in [3.8, 4) is 0 Å². The van der Waals surface area contributed by atoms with Gasteiger partial charge in [-0.25, -0.2) is 13.2 Å². The number of hydrogen-bond acceptors (Lipinski definition) is 3. The number of carbonyl (C=O) groups is 2. The first-order chi connectivity index (χ1) is 11.4. The van der Waals surface area contributed by atoms with E-state index in [1.54, 1.807) is 12.1 Å². The number of aryl methyl sites for hydroxylation is 1. The first kappa shape index (κ1) is 17.5. The van der Waals surface area contributed by atoms with Crippen LogP contribution in [0.2, 0.25) is 0 Å². The van der Waals surface area contributed by atoms with E-state index >= 15 is 0 Å². The number of halogens is 3. The Hall–Kier alpha value is -2.83. The molecule has 1 N–H and O–H groups in total. The van der Waals surface area contributed by atoms with Crippen LogP contribution in [0.4, 0.5) is 18.9 Å². The second kappa shape index (κ2) is 7.63. The fourth-order valence-corrected chi connectivity index (χ4v) is 1.97. The predicted octanol–water partition coefficient (Wildman–Crippen LogP) is 3.14. The van der Waals surface area contributed by atoms with E-state index in [-0.39, 0.29) is 6.42 Å². The van der Waals surface area contributed by atoms with Crippen LogP contribution in [0.15, 0.2) is 36.4 Å². The highest BCUT2D eigenvalue weighted by atomic mass is 19.2. The monoisotopic (exact) mass is 337 g/mol. The number of hydrogen-bond donors (Lipinski definition) is 1. The second-order valence-electron chi connectivity index (χ2n) is 5.04. The van der Waals surface area contributed by atoms with Crippen molar-refractivity contribution in [3.05, 3.63) is 65.0 Å². The Kier molecular flexibility index (Phi) is 5.57. The molecule has 2 rings (SSSR count). The van der Waals surface area contributed by atoms with E-state index in [1.165, 1.54) is 0 Å². The van der Waals surface area contributed by atoms with Crippen molar-refractivity contribution < 1.29 is 27.5 Å². The summed E-state index contributed by atoms with van der Waals surface area (Å²) >= 11 is 0. The summed E-state index contributed by atoms with van der Waals surface area (Å²) in [7, 11) is 0. The molecule has 0 saturated heterocycles. The van der Waals surface area contributed by atoms with Crippen molar-refractivity contribution >= 4 is 17.6 Å². The molecule has 0 spiro atoms. The minimum Gasteiger partial charge on any atom is -0.455 e. The number of anilines is 1. The van der Waals surface area contributed by atoms with Crippen LogP contribution in [0.5, 0.6) is 0 Å². The quantitative estimate of drug-likeness (QED) is 0.674. The van der Waals surface area contributed by atoms with Gasteiger partial charge in [0.05, 0.1) is 12.1 Å². The predicted molar refractivity (Wildman–Crippen MR) is 80.8 cm³/mol. The number of benzene rings is 2. The van der Waals surface area contributed by atoms with Gasteiger partial charge in [0.15, 0.2) is 24.1 Å². The van der Waals surface area contributed by atoms with Gasteiger partial charge in [-0.05, 0) is 30.2 Å². The minimum atomic E-state index is -1.69. The lowest BCUT2D eigenvalue weighted by molar-refractivity contribution is -0.146. The average molecular weight is 337 g/mol. The van der Waals surface area contributed by atoms with Crippen LogP contribution in [0.1, 0.15) is 11.1 Å². The molecule has 4 nitrogen and oxygen atoms in total. The molecule has 126 valence electrons. The number of esters is 1. The summed E-state index contributed by atoms with van der Waals surface area (Å²) in [5.41, 5.74) is 1.13. The molecule has 0 fully saturated rings. The highest BCUT2D eigenvalue weighted by molar-refractivity contribution is 5.93. The summed E-state index contributed by atoms with van der Waals surface area (Å²) in [5.74, 6) is -6.07. The normalized spacial score (nSPS) is 10.3. The van der Waals surface area contributed by atoms with E-state index < -0.39 is 41.6 Å². The summed E-state index contributed by atoms with van der Waals surface area (Å²) < 4.78 is 44.0. The van der Waals surface area contributed by atoms with Gasteiger partial charge in [0.2, 0.25) is 0 Å². The van der Waals surface area contributed by atoms with Gasteiger partial charge in [0.25, 0.3) is 5.91 Å². The largest absolute Gasteiger partial charge is 0.455 e. The summed E-state index contributed by atoms with van der Waals surface area (Å²) in [4.78, 5) is 23.3. The van der Waals surface area contributed by atoms with Crippen LogP contribution < -0.4 is 5.32 Å². The third-order valence-electron chi connectivity index (χ3n) is 3.27. The maximum atomic E-state index is 13.4. The Balaban J connectivity index is 1.88. The number of ether oxygens (including phenoxy) is 1. The van der Waals surface area contributed by atoms with Gasteiger partial charge < -0.3 is 10.1 Å². The molecule has 0 unspecified atom stereocenters. The zero-order valence-electron chi connectivity index (χ0n) is 12.7. The minimum absolute atomic E-state index is 0.0144. The smallest absolute Gasteiger partial charge is 0.310 e. The van der Waals surface area contributed by atoms with Crippen molar-refractivity contribution in [1.82, 2.24) is 0 Å².